The minimum absolute atomic E-state index is 0.338. The Morgan fingerprint density at radius 1 is 1.83 bits per heavy atom. The molecular weight excluding hydrogens is 76.1 g/mol. The molecule has 0 aliphatic rings. The van der Waals surface area contributed by atoms with Gasteiger partial charge in [0.2, 0.25) is 0 Å². The SMILES string of the molecule is C[N]C(C)CN. The molecule has 0 aromatic rings. The summed E-state index contributed by atoms with van der Waals surface area (Å²) < 4.78 is 0. The summed E-state index contributed by atoms with van der Waals surface area (Å²) in [6.45, 7) is 2.65. The molecule has 0 spiro atoms. The molecule has 0 bridgehead atoms. The Kier molecular flexibility index (Phi) is 3.08. The molecule has 0 heterocycles. The summed E-state index contributed by atoms with van der Waals surface area (Å²) in [5.41, 5.74) is 5.19. The number of likely N-dealkylation sites (N-methyl/N-ethyl adjacent to an activating group) is 1. The van der Waals surface area contributed by atoms with E-state index in [1.807, 2.05) is 6.92 Å². The number of rotatable bonds is 2. The van der Waals surface area contributed by atoms with Crippen LogP contribution in [0.25, 0.3) is 0 Å². The normalized spacial score (nSPS) is 14.5. The smallest absolute Gasteiger partial charge is 0.0337 e. The van der Waals surface area contributed by atoms with Crippen molar-refractivity contribution in [3.05, 3.63) is 0 Å². The van der Waals surface area contributed by atoms with Crippen molar-refractivity contribution in [2.24, 2.45) is 5.73 Å². The molecule has 0 aliphatic carbocycles. The first-order valence-electron chi connectivity index (χ1n) is 2.10. The summed E-state index contributed by atoms with van der Waals surface area (Å²) in [5.74, 6) is 0. The van der Waals surface area contributed by atoms with Crippen LogP contribution in [-0.2, 0) is 0 Å². The second-order valence-corrected chi connectivity index (χ2v) is 1.34. The van der Waals surface area contributed by atoms with Gasteiger partial charge in [0.25, 0.3) is 0 Å². The highest BCUT2D eigenvalue weighted by Gasteiger charge is 1.89. The molecule has 0 saturated heterocycles. The lowest BCUT2D eigenvalue weighted by molar-refractivity contribution is 0.610. The third kappa shape index (κ3) is 2.18. The summed E-state index contributed by atoms with van der Waals surface area (Å²) >= 11 is 0. The van der Waals surface area contributed by atoms with E-state index in [4.69, 9.17) is 5.73 Å². The van der Waals surface area contributed by atoms with Crippen molar-refractivity contribution in [3.8, 4) is 0 Å². The second-order valence-electron chi connectivity index (χ2n) is 1.34. The fraction of sp³-hybridized carbons (Fsp3) is 1.00. The van der Waals surface area contributed by atoms with Gasteiger partial charge in [-0.25, -0.2) is 5.32 Å². The van der Waals surface area contributed by atoms with E-state index in [-0.39, 0.29) is 0 Å². The van der Waals surface area contributed by atoms with Gasteiger partial charge in [0.1, 0.15) is 0 Å². The van der Waals surface area contributed by atoms with Gasteiger partial charge in [0, 0.05) is 19.6 Å². The van der Waals surface area contributed by atoms with Crippen LogP contribution >= 0.6 is 0 Å². The summed E-state index contributed by atoms with van der Waals surface area (Å²) in [7, 11) is 1.78. The number of nitrogens with two attached hydrogens (primary N) is 1. The van der Waals surface area contributed by atoms with Gasteiger partial charge in [0.05, 0.1) is 0 Å². The quantitative estimate of drug-likeness (QED) is 0.487. The molecule has 1 radical (unpaired) electrons. The van der Waals surface area contributed by atoms with Crippen molar-refractivity contribution < 1.29 is 0 Å². The zero-order valence-corrected chi connectivity index (χ0v) is 4.31. The fourth-order valence-corrected chi connectivity index (χ4v) is 0.105. The van der Waals surface area contributed by atoms with Crippen molar-refractivity contribution in [1.29, 1.82) is 0 Å². The molecule has 2 heteroatoms. The Balaban J connectivity index is 2.75. The van der Waals surface area contributed by atoms with Gasteiger partial charge in [0.15, 0.2) is 0 Å². The average molecular weight is 87.1 g/mol. The van der Waals surface area contributed by atoms with Gasteiger partial charge in [-0.2, -0.15) is 0 Å². The molecule has 0 amide bonds. The summed E-state index contributed by atoms with van der Waals surface area (Å²) in [4.78, 5) is 0. The maximum Gasteiger partial charge on any atom is 0.0337 e. The molecule has 0 aromatic heterocycles. The van der Waals surface area contributed by atoms with Crippen LogP contribution in [0.1, 0.15) is 6.92 Å². The maximum atomic E-state index is 5.19. The Labute approximate surface area is 38.7 Å². The maximum absolute atomic E-state index is 5.19. The van der Waals surface area contributed by atoms with Crippen LogP contribution in [0.4, 0.5) is 0 Å². The fourth-order valence-electron chi connectivity index (χ4n) is 0.105. The Morgan fingerprint density at radius 2 is 2.33 bits per heavy atom. The number of hydrogen-bond donors (Lipinski definition) is 1. The second kappa shape index (κ2) is 3.12. The third-order valence-electron chi connectivity index (χ3n) is 0.782. The highest BCUT2D eigenvalue weighted by Crippen LogP contribution is 1.70. The number of hydrogen-bond acceptors (Lipinski definition) is 1. The van der Waals surface area contributed by atoms with E-state index in [1.54, 1.807) is 7.05 Å². The van der Waals surface area contributed by atoms with Gasteiger partial charge in [-0.15, -0.1) is 0 Å². The van der Waals surface area contributed by atoms with Gasteiger partial charge in [-0.3, -0.25) is 0 Å². The minimum Gasteiger partial charge on any atom is -0.329 e. The predicted molar refractivity (Wildman–Crippen MR) is 26.6 cm³/mol. The summed E-state index contributed by atoms with van der Waals surface area (Å²) in [5, 5.41) is 3.88. The molecule has 0 aliphatic heterocycles. The average Bonchev–Trinajstić information content (AvgIpc) is 1.65. The van der Waals surface area contributed by atoms with Crippen molar-refractivity contribution in [3.63, 3.8) is 0 Å². The third-order valence-corrected chi connectivity index (χ3v) is 0.782. The van der Waals surface area contributed by atoms with Crippen LogP contribution in [0.15, 0.2) is 0 Å². The number of nitrogens with zero attached hydrogens (tertiary/aromatic N) is 1. The standard InChI is InChI=1S/C4H11N2/c1-4(3-5)6-2/h4H,3,5H2,1-2H3. The molecule has 1 atom stereocenters. The first kappa shape index (κ1) is 5.92. The minimum atomic E-state index is 0.338. The Morgan fingerprint density at radius 3 is 2.33 bits per heavy atom. The van der Waals surface area contributed by atoms with Crippen LogP contribution in [0.2, 0.25) is 0 Å². The Bertz CT molecular complexity index is 24.7. The molecular formula is C4H11N2. The molecule has 37 valence electrons. The van der Waals surface area contributed by atoms with Crippen LogP contribution in [0, 0.1) is 0 Å². The molecule has 2 nitrogen and oxygen atoms in total. The lowest BCUT2D eigenvalue weighted by atomic mass is 10.4. The summed E-state index contributed by atoms with van der Waals surface area (Å²) in [6.07, 6.45) is 0. The van der Waals surface area contributed by atoms with E-state index in [0.29, 0.717) is 12.6 Å². The lowest BCUT2D eigenvalue weighted by Gasteiger charge is -1.99. The van der Waals surface area contributed by atoms with E-state index in [1.165, 1.54) is 0 Å². The topological polar surface area (TPSA) is 40.1 Å². The highest BCUT2D eigenvalue weighted by atomic mass is 14.9. The van der Waals surface area contributed by atoms with Gasteiger partial charge >= 0.3 is 0 Å². The molecule has 0 rings (SSSR count). The van der Waals surface area contributed by atoms with Crippen molar-refractivity contribution in [2.45, 2.75) is 13.0 Å². The monoisotopic (exact) mass is 87.1 g/mol. The van der Waals surface area contributed by atoms with Gasteiger partial charge in [-0.1, -0.05) is 0 Å². The molecule has 0 aromatic carbocycles. The zero-order chi connectivity index (χ0) is 4.99. The van der Waals surface area contributed by atoms with E-state index >= 15 is 0 Å². The van der Waals surface area contributed by atoms with E-state index in [2.05, 4.69) is 5.32 Å². The predicted octanol–water partition coefficient (Wildman–Crippen LogP) is -0.432. The van der Waals surface area contributed by atoms with Crippen LogP contribution < -0.4 is 11.1 Å². The molecule has 1 unspecified atom stereocenters. The van der Waals surface area contributed by atoms with E-state index in [0.717, 1.165) is 0 Å². The largest absolute Gasteiger partial charge is 0.329 e. The first-order chi connectivity index (χ1) is 2.81. The van der Waals surface area contributed by atoms with Gasteiger partial charge in [-0.05, 0) is 6.92 Å². The lowest BCUT2D eigenvalue weighted by Crippen LogP contribution is -2.24. The Hall–Kier alpha value is -0.0800. The molecule has 0 saturated carbocycles. The van der Waals surface area contributed by atoms with E-state index in [9.17, 15) is 0 Å². The molecule has 0 fully saturated rings. The molecule has 2 N–H and O–H groups in total. The van der Waals surface area contributed by atoms with Crippen molar-refractivity contribution in [2.75, 3.05) is 13.6 Å². The van der Waals surface area contributed by atoms with Crippen LogP contribution in [0.3, 0.4) is 0 Å². The van der Waals surface area contributed by atoms with Crippen molar-refractivity contribution in [1.82, 2.24) is 5.32 Å². The van der Waals surface area contributed by atoms with Crippen molar-refractivity contribution >= 4 is 0 Å². The van der Waals surface area contributed by atoms with Crippen LogP contribution in [-0.4, -0.2) is 19.6 Å². The first-order valence-corrected chi connectivity index (χ1v) is 2.10. The van der Waals surface area contributed by atoms with E-state index < -0.39 is 0 Å². The van der Waals surface area contributed by atoms with Gasteiger partial charge < -0.3 is 5.73 Å². The zero-order valence-electron chi connectivity index (χ0n) is 4.31. The summed E-state index contributed by atoms with van der Waals surface area (Å²) in [6, 6.07) is 0.338. The van der Waals surface area contributed by atoms with Crippen LogP contribution in [0.5, 0.6) is 0 Å². The molecule has 6 heavy (non-hydrogen) atoms. The highest BCUT2D eigenvalue weighted by molar-refractivity contribution is 4.53.